The summed E-state index contributed by atoms with van der Waals surface area (Å²) in [7, 11) is -1.64. The molecular weight excluding hydrogens is 286 g/mol. The number of fused-ring (bicyclic) bond motifs is 1. The Hall–Kier alpha value is -1.03. The van der Waals surface area contributed by atoms with Crippen molar-refractivity contribution in [1.82, 2.24) is 9.47 Å². The van der Waals surface area contributed by atoms with E-state index in [2.05, 4.69) is 50.3 Å². The van der Waals surface area contributed by atoms with E-state index < -0.39 is 8.24 Å². The zero-order chi connectivity index (χ0) is 16.1. The Morgan fingerprint density at radius 1 is 0.909 bits per heavy atom. The van der Waals surface area contributed by atoms with Crippen LogP contribution < -0.4 is 0 Å². The minimum atomic E-state index is -1.64. The molecule has 0 aromatic carbocycles. The van der Waals surface area contributed by atoms with Crippen LogP contribution in [0.15, 0.2) is 27.3 Å². The number of guanidine groups is 1. The summed E-state index contributed by atoms with van der Waals surface area (Å²) in [6.07, 6.45) is 2.50. The van der Waals surface area contributed by atoms with Crippen LogP contribution in [0.2, 0.25) is 18.6 Å². The van der Waals surface area contributed by atoms with Crippen molar-refractivity contribution in [3.8, 4) is 0 Å². The lowest BCUT2D eigenvalue weighted by Gasteiger charge is -2.50. The van der Waals surface area contributed by atoms with E-state index >= 15 is 0 Å². The molecule has 22 heavy (non-hydrogen) atoms. The van der Waals surface area contributed by atoms with Gasteiger partial charge in [-0.05, 0) is 51.7 Å². The highest BCUT2D eigenvalue weighted by atomic mass is 28.3. The van der Waals surface area contributed by atoms with Gasteiger partial charge in [-0.25, -0.2) is 0 Å². The zero-order valence-corrected chi connectivity index (χ0v) is 16.2. The van der Waals surface area contributed by atoms with Crippen LogP contribution >= 0.6 is 0 Å². The van der Waals surface area contributed by atoms with E-state index in [-0.39, 0.29) is 0 Å². The maximum absolute atomic E-state index is 4.93. The van der Waals surface area contributed by atoms with Gasteiger partial charge >= 0.3 is 0 Å². The van der Waals surface area contributed by atoms with Crippen molar-refractivity contribution >= 4 is 14.2 Å². The molecule has 2 heterocycles. The summed E-state index contributed by atoms with van der Waals surface area (Å²) >= 11 is 0. The van der Waals surface area contributed by atoms with Crippen LogP contribution in [0.5, 0.6) is 0 Å². The van der Waals surface area contributed by atoms with Gasteiger partial charge in [0.1, 0.15) is 0 Å². The van der Waals surface area contributed by atoms with Crippen LogP contribution in [-0.4, -0.2) is 49.8 Å². The summed E-state index contributed by atoms with van der Waals surface area (Å²) < 4.78 is 2.74. The topological polar surface area (TPSA) is 18.8 Å². The van der Waals surface area contributed by atoms with Crippen molar-refractivity contribution in [1.29, 1.82) is 0 Å². The van der Waals surface area contributed by atoms with Crippen LogP contribution in [0.4, 0.5) is 0 Å². The first-order valence-corrected chi connectivity index (χ1v) is 11.8. The number of allylic oxidation sites excluding steroid dienone is 4. The van der Waals surface area contributed by atoms with Crippen molar-refractivity contribution in [3.05, 3.63) is 22.3 Å². The van der Waals surface area contributed by atoms with E-state index in [9.17, 15) is 0 Å². The molecule has 1 saturated heterocycles. The molecule has 1 fully saturated rings. The molecule has 3 rings (SSSR count). The van der Waals surface area contributed by atoms with E-state index in [0.717, 1.165) is 6.54 Å². The van der Waals surface area contributed by atoms with Crippen LogP contribution in [0.3, 0.4) is 0 Å². The molecule has 0 N–H and O–H groups in total. The SMILES string of the molecule is CC1=C(C)C([Si](C)(C)N2CCCN3CCCN=C32)C(C)=C1C. The maximum Gasteiger partial charge on any atom is 0.188 e. The lowest BCUT2D eigenvalue weighted by atomic mass is 10.1. The molecule has 0 amide bonds. The number of nitrogens with zero attached hydrogens (tertiary/aromatic N) is 3. The first-order valence-electron chi connectivity index (χ1n) is 8.78. The Kier molecular flexibility index (Phi) is 4.00. The molecule has 4 heteroatoms. The van der Waals surface area contributed by atoms with Crippen molar-refractivity contribution in [2.45, 2.75) is 59.2 Å². The van der Waals surface area contributed by atoms with Gasteiger partial charge in [0, 0.05) is 31.7 Å². The zero-order valence-electron chi connectivity index (χ0n) is 15.2. The summed E-state index contributed by atoms with van der Waals surface area (Å²) in [6, 6.07) is 0. The molecule has 0 saturated carbocycles. The van der Waals surface area contributed by atoms with E-state index in [0.29, 0.717) is 5.54 Å². The lowest BCUT2D eigenvalue weighted by molar-refractivity contribution is 0.295. The van der Waals surface area contributed by atoms with E-state index in [1.807, 2.05) is 0 Å². The summed E-state index contributed by atoms with van der Waals surface area (Å²) in [5.41, 5.74) is 6.93. The standard InChI is InChI=1S/C18H31N3Si/c1-13-14(2)16(4)17(15(13)3)22(5,6)21-12-8-11-20-10-7-9-19-18(20)21/h17H,7-12H2,1-6H3. The third kappa shape index (κ3) is 2.27. The molecule has 3 aliphatic rings. The van der Waals surface area contributed by atoms with Gasteiger partial charge in [-0.3, -0.25) is 4.99 Å². The monoisotopic (exact) mass is 317 g/mol. The Morgan fingerprint density at radius 2 is 1.50 bits per heavy atom. The van der Waals surface area contributed by atoms with E-state index in [1.165, 1.54) is 49.6 Å². The van der Waals surface area contributed by atoms with Crippen molar-refractivity contribution in [2.24, 2.45) is 4.99 Å². The van der Waals surface area contributed by atoms with Gasteiger partial charge < -0.3 is 9.47 Å². The van der Waals surface area contributed by atoms with Crippen molar-refractivity contribution in [2.75, 3.05) is 26.2 Å². The smallest absolute Gasteiger partial charge is 0.188 e. The third-order valence-corrected chi connectivity index (χ3v) is 10.3. The van der Waals surface area contributed by atoms with Gasteiger partial charge in [0.25, 0.3) is 0 Å². The van der Waals surface area contributed by atoms with Crippen LogP contribution in [-0.2, 0) is 0 Å². The van der Waals surface area contributed by atoms with Crippen molar-refractivity contribution in [3.63, 3.8) is 0 Å². The van der Waals surface area contributed by atoms with Gasteiger partial charge in [0.05, 0.1) is 0 Å². The summed E-state index contributed by atoms with van der Waals surface area (Å²) in [4.78, 5) is 7.47. The normalized spacial score (nSPS) is 24.2. The Balaban J connectivity index is 1.98. The maximum atomic E-state index is 4.93. The molecule has 0 unspecified atom stereocenters. The second-order valence-electron chi connectivity index (χ2n) is 7.73. The van der Waals surface area contributed by atoms with E-state index in [1.54, 1.807) is 11.1 Å². The minimum Gasteiger partial charge on any atom is -0.369 e. The van der Waals surface area contributed by atoms with Gasteiger partial charge in [-0.15, -0.1) is 0 Å². The van der Waals surface area contributed by atoms with Gasteiger partial charge in [0.2, 0.25) is 0 Å². The Labute approximate surface area is 136 Å². The average Bonchev–Trinajstić information content (AvgIpc) is 2.70. The molecule has 3 nitrogen and oxygen atoms in total. The highest BCUT2D eigenvalue weighted by Gasteiger charge is 2.46. The first kappa shape index (κ1) is 15.8. The largest absolute Gasteiger partial charge is 0.369 e. The molecule has 122 valence electrons. The second kappa shape index (κ2) is 5.55. The number of aliphatic imine (C=N–C) groups is 1. The third-order valence-electron chi connectivity index (χ3n) is 6.19. The van der Waals surface area contributed by atoms with Gasteiger partial charge in [0.15, 0.2) is 14.2 Å². The summed E-state index contributed by atoms with van der Waals surface area (Å²) in [5.74, 6) is 1.32. The number of rotatable bonds is 2. The highest BCUT2D eigenvalue weighted by molar-refractivity contribution is 6.79. The van der Waals surface area contributed by atoms with E-state index in [4.69, 9.17) is 4.99 Å². The fourth-order valence-corrected chi connectivity index (χ4v) is 9.06. The van der Waals surface area contributed by atoms with Crippen LogP contribution in [0.25, 0.3) is 0 Å². The summed E-state index contributed by atoms with van der Waals surface area (Å²) in [5, 5.41) is 0. The lowest BCUT2D eigenvalue weighted by Crippen LogP contribution is -2.63. The Bertz CT molecular complexity index is 547. The quantitative estimate of drug-likeness (QED) is 0.717. The molecule has 0 aromatic rings. The predicted molar refractivity (Wildman–Crippen MR) is 97.8 cm³/mol. The first-order chi connectivity index (χ1) is 10.4. The van der Waals surface area contributed by atoms with Crippen LogP contribution in [0, 0.1) is 0 Å². The molecule has 2 aliphatic heterocycles. The molecule has 1 aliphatic carbocycles. The predicted octanol–water partition coefficient (Wildman–Crippen LogP) is 4.02. The molecule has 0 spiro atoms. The van der Waals surface area contributed by atoms with Gasteiger partial charge in [-0.1, -0.05) is 24.2 Å². The second-order valence-corrected chi connectivity index (χ2v) is 12.2. The molecule has 0 aromatic heterocycles. The number of hydrogen-bond acceptors (Lipinski definition) is 3. The summed E-state index contributed by atoms with van der Waals surface area (Å²) in [6.45, 7) is 19.0. The van der Waals surface area contributed by atoms with Gasteiger partial charge in [-0.2, -0.15) is 0 Å². The Morgan fingerprint density at radius 3 is 2.14 bits per heavy atom. The minimum absolute atomic E-state index is 0.650. The highest BCUT2D eigenvalue weighted by Crippen LogP contribution is 2.48. The van der Waals surface area contributed by atoms with Crippen molar-refractivity contribution < 1.29 is 0 Å². The molecular formula is C18H31N3Si. The average molecular weight is 318 g/mol. The molecule has 0 radical (unpaired) electrons. The fourth-order valence-electron chi connectivity index (χ4n) is 4.74. The van der Waals surface area contributed by atoms with Crippen LogP contribution in [0.1, 0.15) is 40.5 Å². The fraction of sp³-hybridized carbons (Fsp3) is 0.722. The molecule has 0 bridgehead atoms. The molecule has 0 atom stereocenters. The number of hydrogen-bond donors (Lipinski definition) is 0.